The predicted molar refractivity (Wildman–Crippen MR) is 61.9 cm³/mol. The minimum atomic E-state index is -4.58. The Morgan fingerprint density at radius 3 is 2.35 bits per heavy atom. The van der Waals surface area contributed by atoms with Gasteiger partial charge in [-0.25, -0.2) is 0 Å². The van der Waals surface area contributed by atoms with Gasteiger partial charge in [-0.2, -0.15) is 8.42 Å². The maximum atomic E-state index is 11.8. The fraction of sp³-hybridized carbons (Fsp3) is 0.500. The topological polar surface area (TPSA) is 96.6 Å². The van der Waals surface area contributed by atoms with Crippen LogP contribution in [0.2, 0.25) is 0 Å². The number of nitrogens with zero attached hydrogens (tertiary/aromatic N) is 1. The minimum Gasteiger partial charge on any atom is -0.494 e. The molecule has 2 N–H and O–H groups in total. The quantitative estimate of drug-likeness (QED) is 0.780. The van der Waals surface area contributed by atoms with Crippen molar-refractivity contribution in [2.24, 2.45) is 0 Å². The first-order chi connectivity index (χ1) is 7.82. The molecule has 96 valence electrons. The summed E-state index contributed by atoms with van der Waals surface area (Å²) in [4.78, 5) is 11.2. The maximum Gasteiger partial charge on any atom is 0.300 e. The highest BCUT2D eigenvalue weighted by Gasteiger charge is 2.23. The molecule has 1 heterocycles. The fourth-order valence-electron chi connectivity index (χ4n) is 1.70. The van der Waals surface area contributed by atoms with E-state index >= 15 is 0 Å². The Hall–Kier alpha value is -1.34. The second-order valence-corrected chi connectivity index (χ2v) is 4.99. The summed E-state index contributed by atoms with van der Waals surface area (Å²) in [5, 5.41) is 9.58. The lowest BCUT2D eigenvalue weighted by Gasteiger charge is -2.11. The van der Waals surface area contributed by atoms with E-state index in [9.17, 15) is 18.3 Å². The molecule has 0 atom stereocenters. The van der Waals surface area contributed by atoms with Crippen LogP contribution in [0.1, 0.15) is 25.8 Å². The molecule has 0 saturated heterocycles. The Morgan fingerprint density at radius 2 is 1.94 bits per heavy atom. The van der Waals surface area contributed by atoms with Crippen molar-refractivity contribution in [1.82, 2.24) is 4.57 Å². The predicted octanol–water partition coefficient (Wildman–Crippen LogP) is 0.773. The normalized spacial score (nSPS) is 11.7. The molecule has 0 spiro atoms. The Labute approximate surface area is 99.3 Å². The molecule has 0 saturated carbocycles. The highest BCUT2D eigenvalue weighted by atomic mass is 32.2. The Bertz CT molecular complexity index is 573. The SMILES string of the molecule is CCCc1cc(O)n(CC)c(=O)c1S(=O)(=O)O. The first kappa shape index (κ1) is 13.7. The van der Waals surface area contributed by atoms with E-state index in [0.29, 0.717) is 12.8 Å². The molecule has 0 aliphatic carbocycles. The van der Waals surface area contributed by atoms with Gasteiger partial charge in [0.1, 0.15) is 0 Å². The third-order valence-electron chi connectivity index (χ3n) is 2.40. The first-order valence-electron chi connectivity index (χ1n) is 5.26. The molecule has 0 fully saturated rings. The van der Waals surface area contributed by atoms with Gasteiger partial charge in [0, 0.05) is 12.6 Å². The van der Waals surface area contributed by atoms with Crippen LogP contribution in [0.4, 0.5) is 0 Å². The van der Waals surface area contributed by atoms with Gasteiger partial charge in [-0.15, -0.1) is 0 Å². The van der Waals surface area contributed by atoms with E-state index in [1.807, 2.05) is 0 Å². The number of aryl methyl sites for hydroxylation is 1. The zero-order valence-corrected chi connectivity index (χ0v) is 10.5. The largest absolute Gasteiger partial charge is 0.494 e. The smallest absolute Gasteiger partial charge is 0.300 e. The van der Waals surface area contributed by atoms with Crippen LogP contribution in [-0.4, -0.2) is 22.6 Å². The van der Waals surface area contributed by atoms with E-state index < -0.39 is 20.6 Å². The van der Waals surface area contributed by atoms with Crippen LogP contribution in [0.5, 0.6) is 5.88 Å². The lowest BCUT2D eigenvalue weighted by Crippen LogP contribution is -2.27. The van der Waals surface area contributed by atoms with Gasteiger partial charge >= 0.3 is 0 Å². The highest BCUT2D eigenvalue weighted by molar-refractivity contribution is 7.85. The van der Waals surface area contributed by atoms with E-state index in [1.165, 1.54) is 6.07 Å². The molecule has 1 aromatic heterocycles. The molecule has 0 aliphatic rings. The van der Waals surface area contributed by atoms with Crippen LogP contribution < -0.4 is 5.56 Å². The average Bonchev–Trinajstić information content (AvgIpc) is 2.15. The minimum absolute atomic E-state index is 0.125. The first-order valence-corrected chi connectivity index (χ1v) is 6.70. The molecule has 0 radical (unpaired) electrons. The molecule has 0 amide bonds. The summed E-state index contributed by atoms with van der Waals surface area (Å²) in [7, 11) is -4.58. The molecular weight excluding hydrogens is 246 g/mol. The van der Waals surface area contributed by atoms with Crippen molar-refractivity contribution >= 4 is 10.1 Å². The zero-order valence-electron chi connectivity index (χ0n) is 9.67. The van der Waals surface area contributed by atoms with E-state index in [4.69, 9.17) is 4.55 Å². The van der Waals surface area contributed by atoms with Crippen molar-refractivity contribution in [3.05, 3.63) is 22.0 Å². The molecule has 1 aromatic rings. The monoisotopic (exact) mass is 261 g/mol. The van der Waals surface area contributed by atoms with Gasteiger partial charge in [-0.3, -0.25) is 13.9 Å². The second kappa shape index (κ2) is 4.89. The van der Waals surface area contributed by atoms with Gasteiger partial charge in [0.05, 0.1) is 0 Å². The van der Waals surface area contributed by atoms with Gasteiger partial charge in [0.25, 0.3) is 15.7 Å². The summed E-state index contributed by atoms with van der Waals surface area (Å²) in [6, 6.07) is 1.21. The van der Waals surface area contributed by atoms with Crippen molar-refractivity contribution < 1.29 is 18.1 Å². The molecule has 0 aliphatic heterocycles. The summed E-state index contributed by atoms with van der Waals surface area (Å²) in [5.41, 5.74) is -0.749. The van der Waals surface area contributed by atoms with Crippen LogP contribution in [0, 0.1) is 0 Å². The van der Waals surface area contributed by atoms with Crippen molar-refractivity contribution in [2.45, 2.75) is 38.1 Å². The molecule has 0 unspecified atom stereocenters. The van der Waals surface area contributed by atoms with Gasteiger partial charge in [0.2, 0.25) is 0 Å². The van der Waals surface area contributed by atoms with Crippen LogP contribution in [-0.2, 0) is 23.1 Å². The molecule has 17 heavy (non-hydrogen) atoms. The van der Waals surface area contributed by atoms with Crippen molar-refractivity contribution in [3.63, 3.8) is 0 Å². The van der Waals surface area contributed by atoms with Crippen molar-refractivity contribution in [1.29, 1.82) is 0 Å². The fourth-order valence-corrected chi connectivity index (χ4v) is 2.52. The van der Waals surface area contributed by atoms with Crippen LogP contribution >= 0.6 is 0 Å². The number of aromatic nitrogens is 1. The van der Waals surface area contributed by atoms with Crippen molar-refractivity contribution in [3.8, 4) is 5.88 Å². The lowest BCUT2D eigenvalue weighted by molar-refractivity contribution is 0.405. The summed E-state index contributed by atoms with van der Waals surface area (Å²) in [6.45, 7) is 3.52. The number of rotatable bonds is 4. The molecular formula is C10H15NO5S. The van der Waals surface area contributed by atoms with Crippen LogP contribution in [0.3, 0.4) is 0 Å². The third-order valence-corrected chi connectivity index (χ3v) is 3.36. The molecule has 1 rings (SSSR count). The highest BCUT2D eigenvalue weighted by Crippen LogP contribution is 2.18. The lowest BCUT2D eigenvalue weighted by atomic mass is 10.1. The summed E-state index contributed by atoms with van der Waals surface area (Å²) < 4.78 is 32.3. The maximum absolute atomic E-state index is 11.8. The van der Waals surface area contributed by atoms with E-state index in [-0.39, 0.29) is 18.0 Å². The Balaban J connectivity index is 3.70. The third kappa shape index (κ3) is 2.67. The number of aromatic hydroxyl groups is 1. The van der Waals surface area contributed by atoms with Crippen molar-refractivity contribution in [2.75, 3.05) is 0 Å². The Morgan fingerprint density at radius 1 is 1.35 bits per heavy atom. The number of pyridine rings is 1. The summed E-state index contributed by atoms with van der Waals surface area (Å²) in [5.74, 6) is -0.298. The standard InChI is InChI=1S/C10H15NO5S/c1-3-5-7-6-8(12)11(4-2)10(13)9(7)17(14,15)16/h6,12H,3-5H2,1-2H3,(H,14,15,16). The molecule has 0 bridgehead atoms. The second-order valence-electron chi connectivity index (χ2n) is 3.63. The summed E-state index contributed by atoms with van der Waals surface area (Å²) in [6.07, 6.45) is 0.889. The van der Waals surface area contributed by atoms with E-state index in [2.05, 4.69) is 0 Å². The van der Waals surface area contributed by atoms with Gasteiger partial charge < -0.3 is 5.11 Å². The summed E-state index contributed by atoms with van der Waals surface area (Å²) >= 11 is 0. The molecule has 0 aromatic carbocycles. The zero-order chi connectivity index (χ0) is 13.2. The van der Waals surface area contributed by atoms with E-state index in [0.717, 1.165) is 4.57 Å². The molecule has 7 heteroatoms. The number of hydrogen-bond donors (Lipinski definition) is 2. The number of hydrogen-bond acceptors (Lipinski definition) is 4. The van der Waals surface area contributed by atoms with Gasteiger partial charge in [-0.1, -0.05) is 13.3 Å². The van der Waals surface area contributed by atoms with Gasteiger partial charge in [0.15, 0.2) is 10.8 Å². The van der Waals surface area contributed by atoms with Crippen LogP contribution in [0.25, 0.3) is 0 Å². The Kier molecular flexibility index (Phi) is 3.94. The van der Waals surface area contributed by atoms with Crippen LogP contribution in [0.15, 0.2) is 15.8 Å². The molecule has 6 nitrogen and oxygen atoms in total. The van der Waals surface area contributed by atoms with Gasteiger partial charge in [-0.05, 0) is 18.9 Å². The average molecular weight is 261 g/mol. The van der Waals surface area contributed by atoms with E-state index in [1.54, 1.807) is 13.8 Å².